The van der Waals surface area contributed by atoms with Crippen molar-refractivity contribution in [3.05, 3.63) is 34.9 Å². The van der Waals surface area contributed by atoms with Crippen molar-refractivity contribution in [2.45, 2.75) is 44.6 Å². The number of nitrogens with one attached hydrogen (secondary N) is 1. The summed E-state index contributed by atoms with van der Waals surface area (Å²) in [6.07, 6.45) is 8.77. The van der Waals surface area contributed by atoms with Crippen LogP contribution in [0.4, 0.5) is 0 Å². The Kier molecular flexibility index (Phi) is 3.52. The molecule has 3 aliphatic rings. The first kappa shape index (κ1) is 13.2. The van der Waals surface area contributed by atoms with Gasteiger partial charge in [-0.2, -0.15) is 0 Å². The van der Waals surface area contributed by atoms with Gasteiger partial charge in [-0.25, -0.2) is 0 Å². The maximum atomic E-state index is 6.01. The molecule has 3 saturated carbocycles. The molecule has 1 nitrogen and oxygen atoms in total. The Morgan fingerprint density at radius 3 is 2.45 bits per heavy atom. The lowest BCUT2D eigenvalue weighted by molar-refractivity contribution is 0.300. The van der Waals surface area contributed by atoms with Crippen molar-refractivity contribution in [1.29, 1.82) is 0 Å². The Hall–Kier alpha value is -0.530. The Morgan fingerprint density at radius 2 is 1.85 bits per heavy atom. The Bertz CT molecular complexity index is 465. The number of fused-ring (bicyclic) bond motifs is 2. The van der Waals surface area contributed by atoms with Crippen molar-refractivity contribution >= 4 is 11.6 Å². The van der Waals surface area contributed by atoms with E-state index in [0.717, 1.165) is 28.7 Å². The van der Waals surface area contributed by atoms with Crippen LogP contribution >= 0.6 is 11.6 Å². The highest BCUT2D eigenvalue weighted by Crippen LogP contribution is 2.48. The van der Waals surface area contributed by atoms with E-state index in [1.54, 1.807) is 0 Å². The maximum Gasteiger partial charge on any atom is 0.0406 e. The third kappa shape index (κ3) is 2.63. The fourth-order valence-electron chi connectivity index (χ4n) is 4.56. The van der Waals surface area contributed by atoms with E-state index in [2.05, 4.69) is 17.4 Å². The topological polar surface area (TPSA) is 12.0 Å². The van der Waals surface area contributed by atoms with Gasteiger partial charge in [0, 0.05) is 11.1 Å². The summed E-state index contributed by atoms with van der Waals surface area (Å²) >= 11 is 6.01. The normalized spacial score (nSPS) is 33.5. The van der Waals surface area contributed by atoms with Gasteiger partial charge in [0.15, 0.2) is 0 Å². The van der Waals surface area contributed by atoms with Crippen LogP contribution in [0.1, 0.15) is 50.1 Å². The Morgan fingerprint density at radius 1 is 1.05 bits per heavy atom. The second-order valence-corrected chi connectivity index (χ2v) is 7.65. The molecule has 0 heterocycles. The van der Waals surface area contributed by atoms with Gasteiger partial charge in [-0.05, 0) is 80.0 Å². The van der Waals surface area contributed by atoms with Crippen LogP contribution in [0.3, 0.4) is 0 Å². The van der Waals surface area contributed by atoms with E-state index in [1.165, 1.54) is 50.6 Å². The Balaban J connectivity index is 1.40. The van der Waals surface area contributed by atoms with Gasteiger partial charge in [-0.3, -0.25) is 0 Å². The average molecular weight is 290 g/mol. The molecule has 108 valence electrons. The first-order chi connectivity index (χ1) is 9.79. The van der Waals surface area contributed by atoms with Crippen molar-refractivity contribution in [3.63, 3.8) is 0 Å². The van der Waals surface area contributed by atoms with Crippen molar-refractivity contribution < 1.29 is 0 Å². The largest absolute Gasteiger partial charge is 0.309 e. The van der Waals surface area contributed by atoms with Crippen molar-refractivity contribution in [2.24, 2.45) is 23.7 Å². The minimum absolute atomic E-state index is 0.561. The smallest absolute Gasteiger partial charge is 0.0406 e. The molecule has 3 fully saturated rings. The second-order valence-electron chi connectivity index (χ2n) is 7.21. The van der Waals surface area contributed by atoms with Crippen LogP contribution in [0, 0.1) is 23.7 Å². The summed E-state index contributed by atoms with van der Waals surface area (Å²) in [5.41, 5.74) is 1.43. The third-order valence-corrected chi connectivity index (χ3v) is 6.06. The molecule has 20 heavy (non-hydrogen) atoms. The average Bonchev–Trinajstić information content (AvgIpc) is 3.08. The van der Waals surface area contributed by atoms with E-state index in [1.807, 2.05) is 12.1 Å². The quantitative estimate of drug-likeness (QED) is 0.820. The van der Waals surface area contributed by atoms with Crippen LogP contribution in [0.25, 0.3) is 0 Å². The van der Waals surface area contributed by atoms with E-state index in [4.69, 9.17) is 11.6 Å². The van der Waals surface area contributed by atoms with Gasteiger partial charge >= 0.3 is 0 Å². The molecule has 2 heteroatoms. The van der Waals surface area contributed by atoms with Gasteiger partial charge in [0.2, 0.25) is 0 Å². The summed E-state index contributed by atoms with van der Waals surface area (Å²) in [4.78, 5) is 0. The molecule has 0 aliphatic heterocycles. The van der Waals surface area contributed by atoms with Crippen LogP contribution in [0.5, 0.6) is 0 Å². The molecule has 0 spiro atoms. The van der Waals surface area contributed by atoms with E-state index < -0.39 is 0 Å². The first-order valence-corrected chi connectivity index (χ1v) is 8.66. The zero-order valence-corrected chi connectivity index (χ0v) is 12.8. The van der Waals surface area contributed by atoms with Crippen LogP contribution in [0.15, 0.2) is 24.3 Å². The molecule has 1 N–H and O–H groups in total. The van der Waals surface area contributed by atoms with Crippen LogP contribution in [0.2, 0.25) is 5.02 Å². The van der Waals surface area contributed by atoms with E-state index >= 15 is 0 Å². The summed E-state index contributed by atoms with van der Waals surface area (Å²) in [6, 6.07) is 9.04. The molecule has 0 saturated heterocycles. The molecule has 3 aliphatic carbocycles. The molecule has 0 radical (unpaired) electrons. The van der Waals surface area contributed by atoms with Gasteiger partial charge in [0.1, 0.15) is 0 Å². The second kappa shape index (κ2) is 5.35. The third-order valence-electron chi connectivity index (χ3n) is 5.81. The summed E-state index contributed by atoms with van der Waals surface area (Å²) in [5, 5.41) is 4.75. The van der Waals surface area contributed by atoms with Crippen LogP contribution in [-0.4, -0.2) is 6.54 Å². The highest BCUT2D eigenvalue weighted by atomic mass is 35.5. The lowest BCUT2D eigenvalue weighted by Gasteiger charge is -2.26. The lowest BCUT2D eigenvalue weighted by Crippen LogP contribution is -2.31. The van der Waals surface area contributed by atoms with Gasteiger partial charge < -0.3 is 5.32 Å². The summed E-state index contributed by atoms with van der Waals surface area (Å²) in [5.74, 6) is 3.89. The van der Waals surface area contributed by atoms with Gasteiger partial charge in [0.05, 0.1) is 0 Å². The fourth-order valence-corrected chi connectivity index (χ4v) is 4.69. The molecular weight excluding hydrogens is 266 g/mol. The minimum Gasteiger partial charge on any atom is -0.309 e. The predicted molar refractivity (Wildman–Crippen MR) is 83.9 cm³/mol. The molecule has 4 atom stereocenters. The van der Waals surface area contributed by atoms with Crippen LogP contribution in [-0.2, 0) is 0 Å². The molecule has 4 rings (SSSR count). The van der Waals surface area contributed by atoms with E-state index in [-0.39, 0.29) is 0 Å². The maximum absolute atomic E-state index is 6.01. The standard InChI is InChI=1S/C18H24ClN/c19-17-7-5-14(6-8-17)18(13-3-4-13)20-11-16-10-12-1-2-15(16)9-12/h5-8,12-13,15-16,18,20H,1-4,9-11H2. The number of hydrogen-bond acceptors (Lipinski definition) is 1. The molecule has 1 aromatic carbocycles. The molecule has 0 amide bonds. The van der Waals surface area contributed by atoms with Crippen molar-refractivity contribution in [1.82, 2.24) is 5.32 Å². The predicted octanol–water partition coefficient (Wildman–Crippen LogP) is 4.82. The van der Waals surface area contributed by atoms with E-state index in [0.29, 0.717) is 6.04 Å². The Labute approximate surface area is 127 Å². The van der Waals surface area contributed by atoms with Crippen LogP contribution < -0.4 is 5.32 Å². The molecule has 1 aromatic rings. The number of benzene rings is 1. The van der Waals surface area contributed by atoms with Gasteiger partial charge in [0.25, 0.3) is 0 Å². The van der Waals surface area contributed by atoms with Crippen molar-refractivity contribution in [3.8, 4) is 0 Å². The van der Waals surface area contributed by atoms with E-state index in [9.17, 15) is 0 Å². The lowest BCUT2D eigenvalue weighted by atomic mass is 9.88. The zero-order chi connectivity index (χ0) is 13.5. The van der Waals surface area contributed by atoms with Gasteiger partial charge in [-0.15, -0.1) is 0 Å². The number of rotatable bonds is 5. The zero-order valence-electron chi connectivity index (χ0n) is 12.0. The summed E-state index contributed by atoms with van der Waals surface area (Å²) < 4.78 is 0. The monoisotopic (exact) mass is 289 g/mol. The molecule has 4 unspecified atom stereocenters. The minimum atomic E-state index is 0.561. The summed E-state index contributed by atoms with van der Waals surface area (Å²) in [7, 11) is 0. The fraction of sp³-hybridized carbons (Fsp3) is 0.667. The highest BCUT2D eigenvalue weighted by molar-refractivity contribution is 6.30. The highest BCUT2D eigenvalue weighted by Gasteiger charge is 2.40. The number of hydrogen-bond donors (Lipinski definition) is 1. The first-order valence-electron chi connectivity index (χ1n) is 8.28. The molecule has 0 aromatic heterocycles. The van der Waals surface area contributed by atoms with Crippen molar-refractivity contribution in [2.75, 3.05) is 6.54 Å². The molecule has 2 bridgehead atoms. The SMILES string of the molecule is Clc1ccc(C(NCC2CC3CCC2C3)C2CC2)cc1. The number of halogens is 1. The van der Waals surface area contributed by atoms with Gasteiger partial charge in [-0.1, -0.05) is 30.2 Å². The molecular formula is C18H24ClN. The summed E-state index contributed by atoms with van der Waals surface area (Å²) in [6.45, 7) is 1.23.